The average molecular weight is 265 g/mol. The van der Waals surface area contributed by atoms with Crippen LogP contribution in [0.15, 0.2) is 47.3 Å². The molecular weight excluding hydrogens is 254 g/mol. The first-order valence-corrected chi connectivity index (χ1v) is 6.20. The van der Waals surface area contributed by atoms with E-state index in [4.69, 9.17) is 4.42 Å². The van der Waals surface area contributed by atoms with Gasteiger partial charge in [-0.2, -0.15) is 0 Å². The van der Waals surface area contributed by atoms with Gasteiger partial charge in [-0.15, -0.1) is 10.2 Å². The van der Waals surface area contributed by atoms with E-state index in [-0.39, 0.29) is 0 Å². The van der Waals surface area contributed by atoms with Gasteiger partial charge in [-0.3, -0.25) is 0 Å². The summed E-state index contributed by atoms with van der Waals surface area (Å²) in [6.45, 7) is 0. The summed E-state index contributed by atoms with van der Waals surface area (Å²) in [4.78, 5) is 7.32. The quantitative estimate of drug-likeness (QED) is 0.604. The summed E-state index contributed by atoms with van der Waals surface area (Å²) < 4.78 is 7.73. The molecule has 0 amide bonds. The molecule has 4 heterocycles. The zero-order chi connectivity index (χ0) is 13.5. The fourth-order valence-electron chi connectivity index (χ4n) is 2.27. The number of aryl methyl sites for hydroxylation is 1. The standard InChI is InChI=1S/C14H11N5O/c1-19-8-2-3-11(19)14-18-17-13(20-14)10-5-7-16-12-9(10)4-6-15-12/h2-8H,1H3,(H,15,16). The predicted molar refractivity (Wildman–Crippen MR) is 73.8 cm³/mol. The maximum Gasteiger partial charge on any atom is 0.264 e. The van der Waals surface area contributed by atoms with Crippen LogP contribution in [0, 0.1) is 0 Å². The SMILES string of the molecule is Cn1cccc1-c1nnc(-c2ccnc3[nH]ccc23)o1. The number of rotatable bonds is 2. The van der Waals surface area contributed by atoms with Crippen LogP contribution in [0.5, 0.6) is 0 Å². The summed E-state index contributed by atoms with van der Waals surface area (Å²) in [6.07, 6.45) is 5.51. The topological polar surface area (TPSA) is 72.5 Å². The van der Waals surface area contributed by atoms with Crippen molar-refractivity contribution in [3.8, 4) is 23.0 Å². The molecule has 0 spiro atoms. The number of pyridine rings is 1. The van der Waals surface area contributed by atoms with Crippen LogP contribution in [-0.4, -0.2) is 24.7 Å². The molecule has 0 radical (unpaired) electrons. The van der Waals surface area contributed by atoms with Gasteiger partial charge in [0.15, 0.2) is 0 Å². The van der Waals surface area contributed by atoms with Gasteiger partial charge in [0.2, 0.25) is 5.89 Å². The Labute approximate surface area is 114 Å². The zero-order valence-electron chi connectivity index (χ0n) is 10.7. The smallest absolute Gasteiger partial charge is 0.264 e. The molecule has 6 nitrogen and oxygen atoms in total. The lowest BCUT2D eigenvalue weighted by atomic mass is 10.2. The van der Waals surface area contributed by atoms with Crippen molar-refractivity contribution in [3.63, 3.8) is 0 Å². The van der Waals surface area contributed by atoms with E-state index in [1.165, 1.54) is 0 Å². The molecule has 0 saturated heterocycles. The van der Waals surface area contributed by atoms with Crippen molar-refractivity contribution in [3.05, 3.63) is 42.9 Å². The molecule has 0 atom stereocenters. The molecule has 0 aliphatic heterocycles. The number of fused-ring (bicyclic) bond motifs is 1. The van der Waals surface area contributed by atoms with Gasteiger partial charge in [-0.25, -0.2) is 4.98 Å². The summed E-state index contributed by atoms with van der Waals surface area (Å²) in [5.41, 5.74) is 2.58. The van der Waals surface area contributed by atoms with E-state index >= 15 is 0 Å². The Bertz CT molecular complexity index is 886. The minimum Gasteiger partial charge on any atom is -0.415 e. The third-order valence-electron chi connectivity index (χ3n) is 3.28. The van der Waals surface area contributed by atoms with Crippen LogP contribution in [0.4, 0.5) is 0 Å². The van der Waals surface area contributed by atoms with Crippen molar-refractivity contribution in [1.29, 1.82) is 0 Å². The van der Waals surface area contributed by atoms with E-state index in [1.807, 2.05) is 48.3 Å². The molecule has 0 aliphatic carbocycles. The van der Waals surface area contributed by atoms with Crippen LogP contribution in [-0.2, 0) is 7.05 Å². The van der Waals surface area contributed by atoms with Gasteiger partial charge in [0, 0.05) is 31.0 Å². The first-order chi connectivity index (χ1) is 9.83. The molecule has 4 rings (SSSR count). The zero-order valence-corrected chi connectivity index (χ0v) is 10.7. The molecule has 0 saturated carbocycles. The lowest BCUT2D eigenvalue weighted by Gasteiger charge is -1.97. The fourth-order valence-corrected chi connectivity index (χ4v) is 2.27. The van der Waals surface area contributed by atoms with Crippen molar-refractivity contribution in [2.24, 2.45) is 7.05 Å². The lowest BCUT2D eigenvalue weighted by molar-refractivity contribution is 0.579. The van der Waals surface area contributed by atoms with Crippen LogP contribution >= 0.6 is 0 Å². The van der Waals surface area contributed by atoms with Gasteiger partial charge in [0.05, 0.1) is 5.56 Å². The van der Waals surface area contributed by atoms with Gasteiger partial charge >= 0.3 is 0 Å². The second kappa shape index (κ2) is 4.06. The van der Waals surface area contributed by atoms with E-state index in [0.717, 1.165) is 22.3 Å². The maximum atomic E-state index is 5.79. The second-order valence-electron chi connectivity index (χ2n) is 4.52. The van der Waals surface area contributed by atoms with E-state index in [2.05, 4.69) is 20.2 Å². The summed E-state index contributed by atoms with van der Waals surface area (Å²) in [6, 6.07) is 7.70. The number of H-pyrrole nitrogens is 1. The Morgan fingerprint density at radius 2 is 2.05 bits per heavy atom. The van der Waals surface area contributed by atoms with Crippen LogP contribution in [0.25, 0.3) is 34.1 Å². The first-order valence-electron chi connectivity index (χ1n) is 6.20. The number of nitrogens with zero attached hydrogens (tertiary/aromatic N) is 4. The number of hydrogen-bond donors (Lipinski definition) is 1. The highest BCUT2D eigenvalue weighted by molar-refractivity contribution is 5.90. The highest BCUT2D eigenvalue weighted by Gasteiger charge is 2.14. The minimum absolute atomic E-state index is 0.494. The molecule has 0 aromatic carbocycles. The van der Waals surface area contributed by atoms with Crippen LogP contribution in [0.3, 0.4) is 0 Å². The van der Waals surface area contributed by atoms with Crippen LogP contribution in [0.2, 0.25) is 0 Å². The van der Waals surface area contributed by atoms with Crippen molar-refractivity contribution in [2.45, 2.75) is 0 Å². The molecule has 20 heavy (non-hydrogen) atoms. The molecule has 1 N–H and O–H groups in total. The minimum atomic E-state index is 0.494. The molecule has 4 aromatic heterocycles. The van der Waals surface area contributed by atoms with Crippen molar-refractivity contribution in [2.75, 3.05) is 0 Å². The summed E-state index contributed by atoms with van der Waals surface area (Å²) in [5.74, 6) is 1.00. The van der Waals surface area contributed by atoms with Crippen molar-refractivity contribution in [1.82, 2.24) is 24.7 Å². The molecule has 0 bridgehead atoms. The Balaban J connectivity index is 1.86. The normalized spacial score (nSPS) is 11.2. The van der Waals surface area contributed by atoms with Gasteiger partial charge in [0.25, 0.3) is 5.89 Å². The maximum absolute atomic E-state index is 5.79. The fraction of sp³-hybridized carbons (Fsp3) is 0.0714. The highest BCUT2D eigenvalue weighted by atomic mass is 16.4. The molecule has 98 valence electrons. The molecular formula is C14H11N5O. The lowest BCUT2D eigenvalue weighted by Crippen LogP contribution is -1.88. The highest BCUT2D eigenvalue weighted by Crippen LogP contribution is 2.28. The largest absolute Gasteiger partial charge is 0.415 e. The van der Waals surface area contributed by atoms with Gasteiger partial charge in [-0.1, -0.05) is 0 Å². The third kappa shape index (κ3) is 1.55. The Morgan fingerprint density at radius 3 is 2.90 bits per heavy atom. The number of nitrogens with one attached hydrogen (secondary N) is 1. The van der Waals surface area contributed by atoms with Crippen LogP contribution < -0.4 is 0 Å². The van der Waals surface area contributed by atoms with E-state index in [9.17, 15) is 0 Å². The average Bonchev–Trinajstić information content (AvgIpc) is 3.17. The van der Waals surface area contributed by atoms with Gasteiger partial charge in [0.1, 0.15) is 11.3 Å². The number of aromatic nitrogens is 5. The Morgan fingerprint density at radius 1 is 1.15 bits per heavy atom. The van der Waals surface area contributed by atoms with Gasteiger partial charge < -0.3 is 14.0 Å². The number of aromatic amines is 1. The van der Waals surface area contributed by atoms with Crippen LogP contribution in [0.1, 0.15) is 0 Å². The summed E-state index contributed by atoms with van der Waals surface area (Å²) >= 11 is 0. The van der Waals surface area contributed by atoms with E-state index in [1.54, 1.807) is 6.20 Å². The predicted octanol–water partition coefficient (Wildman–Crippen LogP) is 2.62. The monoisotopic (exact) mass is 265 g/mol. The van der Waals surface area contributed by atoms with E-state index in [0.29, 0.717) is 11.8 Å². The molecule has 0 aliphatic rings. The molecule has 0 fully saturated rings. The van der Waals surface area contributed by atoms with Crippen molar-refractivity contribution >= 4 is 11.0 Å². The Hall–Kier alpha value is -2.89. The summed E-state index contributed by atoms with van der Waals surface area (Å²) in [5, 5.41) is 9.23. The van der Waals surface area contributed by atoms with Gasteiger partial charge in [-0.05, 0) is 24.3 Å². The van der Waals surface area contributed by atoms with E-state index < -0.39 is 0 Å². The Kier molecular flexibility index (Phi) is 2.23. The molecule has 6 heteroatoms. The van der Waals surface area contributed by atoms with Crippen molar-refractivity contribution < 1.29 is 4.42 Å². The number of hydrogen-bond acceptors (Lipinski definition) is 4. The summed E-state index contributed by atoms with van der Waals surface area (Å²) in [7, 11) is 1.94. The molecule has 0 unspecified atom stereocenters. The molecule has 4 aromatic rings. The first kappa shape index (κ1) is 11.0. The second-order valence-corrected chi connectivity index (χ2v) is 4.52. The third-order valence-corrected chi connectivity index (χ3v) is 3.28.